The molecule has 1 aromatic heterocycles. The first kappa shape index (κ1) is 14.1. The molecule has 6 heteroatoms. The van der Waals surface area contributed by atoms with Gasteiger partial charge in [0.25, 0.3) is 0 Å². The molecular formula is C14H17N3O3. The highest BCUT2D eigenvalue weighted by Gasteiger charge is 2.05. The number of aromatic nitrogens is 2. The lowest BCUT2D eigenvalue weighted by Crippen LogP contribution is -2.04. The molecule has 0 atom stereocenters. The first-order chi connectivity index (χ1) is 9.72. The van der Waals surface area contributed by atoms with Gasteiger partial charge in [0, 0.05) is 24.0 Å². The molecule has 0 aliphatic heterocycles. The number of methoxy groups -OCH3 is 1. The normalized spacial score (nSPS) is 10.3. The van der Waals surface area contributed by atoms with Crippen LogP contribution in [0, 0.1) is 0 Å². The van der Waals surface area contributed by atoms with E-state index < -0.39 is 0 Å². The third-order valence-electron chi connectivity index (χ3n) is 2.80. The fraction of sp³-hybridized carbons (Fsp3) is 0.286. The number of hydrogen-bond acceptors (Lipinski definition) is 5. The van der Waals surface area contributed by atoms with Crippen LogP contribution in [0.5, 0.6) is 0 Å². The minimum atomic E-state index is -0.357. The fourth-order valence-electron chi connectivity index (χ4n) is 1.80. The zero-order valence-corrected chi connectivity index (χ0v) is 11.2. The Morgan fingerprint density at radius 1 is 1.50 bits per heavy atom. The number of anilines is 1. The van der Waals surface area contributed by atoms with Crippen LogP contribution in [0.4, 0.5) is 5.69 Å². The molecule has 0 spiro atoms. The summed E-state index contributed by atoms with van der Waals surface area (Å²) in [5.74, 6) is -0.357. The van der Waals surface area contributed by atoms with Crippen LogP contribution in [-0.4, -0.2) is 34.6 Å². The van der Waals surface area contributed by atoms with Crippen LogP contribution in [0.15, 0.2) is 36.7 Å². The topological polar surface area (TPSA) is 76.4 Å². The Balaban J connectivity index is 1.97. The third kappa shape index (κ3) is 3.58. The number of carbonyl (C=O) groups excluding carboxylic acids is 1. The van der Waals surface area contributed by atoms with Gasteiger partial charge in [-0.05, 0) is 18.2 Å². The molecule has 1 aromatic carbocycles. The van der Waals surface area contributed by atoms with Gasteiger partial charge in [0.1, 0.15) is 0 Å². The molecule has 2 rings (SSSR count). The Kier molecular flexibility index (Phi) is 4.73. The van der Waals surface area contributed by atoms with E-state index in [1.54, 1.807) is 29.1 Å². The Hall–Kier alpha value is -2.34. The molecule has 20 heavy (non-hydrogen) atoms. The average Bonchev–Trinajstić information content (AvgIpc) is 2.93. The molecule has 6 nitrogen and oxygen atoms in total. The molecule has 2 aromatic rings. The van der Waals surface area contributed by atoms with E-state index in [1.165, 1.54) is 7.11 Å². The number of nitrogens with zero attached hydrogens (tertiary/aromatic N) is 2. The van der Waals surface area contributed by atoms with Crippen molar-refractivity contribution in [3.63, 3.8) is 0 Å². The SMILES string of the molecule is COC(=O)c1cccc(NCc2cnn(CCO)c2)c1. The minimum absolute atomic E-state index is 0.0652. The van der Waals surface area contributed by atoms with Gasteiger partial charge in [-0.25, -0.2) is 4.79 Å². The van der Waals surface area contributed by atoms with Crippen LogP contribution in [0.3, 0.4) is 0 Å². The third-order valence-corrected chi connectivity index (χ3v) is 2.80. The van der Waals surface area contributed by atoms with Crippen molar-refractivity contribution in [2.75, 3.05) is 19.0 Å². The summed E-state index contributed by atoms with van der Waals surface area (Å²) >= 11 is 0. The van der Waals surface area contributed by atoms with E-state index >= 15 is 0 Å². The van der Waals surface area contributed by atoms with Gasteiger partial charge >= 0.3 is 5.97 Å². The maximum Gasteiger partial charge on any atom is 0.337 e. The van der Waals surface area contributed by atoms with Crippen LogP contribution < -0.4 is 5.32 Å². The lowest BCUT2D eigenvalue weighted by atomic mass is 10.2. The van der Waals surface area contributed by atoms with Gasteiger partial charge in [-0.1, -0.05) is 6.07 Å². The highest BCUT2D eigenvalue weighted by molar-refractivity contribution is 5.90. The monoisotopic (exact) mass is 275 g/mol. The number of aliphatic hydroxyl groups is 1. The smallest absolute Gasteiger partial charge is 0.337 e. The second kappa shape index (κ2) is 6.72. The average molecular weight is 275 g/mol. The minimum Gasteiger partial charge on any atom is -0.465 e. The Morgan fingerprint density at radius 3 is 3.10 bits per heavy atom. The predicted octanol–water partition coefficient (Wildman–Crippen LogP) is 1.27. The summed E-state index contributed by atoms with van der Waals surface area (Å²) in [6, 6.07) is 7.12. The molecule has 0 radical (unpaired) electrons. The summed E-state index contributed by atoms with van der Waals surface area (Å²) in [5, 5.41) is 16.2. The van der Waals surface area contributed by atoms with Crippen LogP contribution >= 0.6 is 0 Å². The second-order valence-electron chi connectivity index (χ2n) is 4.26. The molecule has 0 unspecified atom stereocenters. The zero-order chi connectivity index (χ0) is 14.4. The highest BCUT2D eigenvalue weighted by Crippen LogP contribution is 2.13. The summed E-state index contributed by atoms with van der Waals surface area (Å²) in [7, 11) is 1.36. The first-order valence-corrected chi connectivity index (χ1v) is 6.27. The number of benzene rings is 1. The quantitative estimate of drug-likeness (QED) is 0.776. The molecule has 0 bridgehead atoms. The Morgan fingerprint density at radius 2 is 2.35 bits per heavy atom. The first-order valence-electron chi connectivity index (χ1n) is 6.27. The number of rotatable bonds is 6. The van der Waals surface area contributed by atoms with Gasteiger partial charge in [-0.15, -0.1) is 0 Å². The molecule has 0 saturated carbocycles. The van der Waals surface area contributed by atoms with Crippen molar-refractivity contribution in [1.82, 2.24) is 9.78 Å². The summed E-state index contributed by atoms with van der Waals surface area (Å²) in [4.78, 5) is 11.4. The lowest BCUT2D eigenvalue weighted by molar-refractivity contribution is 0.0601. The number of carbonyl (C=O) groups is 1. The van der Waals surface area contributed by atoms with Crippen molar-refractivity contribution >= 4 is 11.7 Å². The van der Waals surface area contributed by atoms with E-state index in [4.69, 9.17) is 5.11 Å². The number of ether oxygens (including phenoxy) is 1. The summed E-state index contributed by atoms with van der Waals surface area (Å²) in [5.41, 5.74) is 2.35. The zero-order valence-electron chi connectivity index (χ0n) is 11.2. The molecule has 2 N–H and O–H groups in total. The van der Waals surface area contributed by atoms with Crippen molar-refractivity contribution in [2.45, 2.75) is 13.1 Å². The van der Waals surface area contributed by atoms with E-state index in [9.17, 15) is 4.79 Å². The molecule has 0 aliphatic rings. The molecule has 0 aliphatic carbocycles. The number of hydrogen-bond donors (Lipinski definition) is 2. The van der Waals surface area contributed by atoms with Crippen LogP contribution in [0.1, 0.15) is 15.9 Å². The Labute approximate surface area is 117 Å². The van der Waals surface area contributed by atoms with E-state index in [0.29, 0.717) is 18.7 Å². The van der Waals surface area contributed by atoms with Gasteiger partial charge in [0.05, 0.1) is 32.0 Å². The van der Waals surface area contributed by atoms with E-state index in [1.807, 2.05) is 12.3 Å². The van der Waals surface area contributed by atoms with Crippen LogP contribution in [0.25, 0.3) is 0 Å². The van der Waals surface area contributed by atoms with E-state index in [-0.39, 0.29) is 12.6 Å². The van der Waals surface area contributed by atoms with Crippen molar-refractivity contribution in [2.24, 2.45) is 0 Å². The molecule has 0 saturated heterocycles. The largest absolute Gasteiger partial charge is 0.465 e. The van der Waals surface area contributed by atoms with Gasteiger partial charge in [0.2, 0.25) is 0 Å². The molecule has 0 fully saturated rings. The van der Waals surface area contributed by atoms with Gasteiger partial charge < -0.3 is 15.2 Å². The number of aliphatic hydroxyl groups excluding tert-OH is 1. The van der Waals surface area contributed by atoms with Gasteiger partial charge in [0.15, 0.2) is 0 Å². The van der Waals surface area contributed by atoms with Crippen molar-refractivity contribution in [1.29, 1.82) is 0 Å². The van der Waals surface area contributed by atoms with Gasteiger partial charge in [-0.2, -0.15) is 5.10 Å². The second-order valence-corrected chi connectivity index (χ2v) is 4.26. The standard InChI is InChI=1S/C14H17N3O3/c1-20-14(19)12-3-2-4-13(7-12)15-8-11-9-16-17(10-11)5-6-18/h2-4,7,9-10,15,18H,5-6,8H2,1H3. The van der Waals surface area contributed by atoms with Crippen molar-refractivity contribution < 1.29 is 14.6 Å². The molecule has 106 valence electrons. The van der Waals surface area contributed by atoms with Gasteiger partial charge in [-0.3, -0.25) is 4.68 Å². The predicted molar refractivity (Wildman–Crippen MR) is 74.4 cm³/mol. The van der Waals surface area contributed by atoms with Crippen molar-refractivity contribution in [3.8, 4) is 0 Å². The molecule has 0 amide bonds. The van der Waals surface area contributed by atoms with Crippen LogP contribution in [0.2, 0.25) is 0 Å². The summed E-state index contributed by atoms with van der Waals surface area (Å²) in [6.07, 6.45) is 3.61. The lowest BCUT2D eigenvalue weighted by Gasteiger charge is -2.06. The number of esters is 1. The highest BCUT2D eigenvalue weighted by atomic mass is 16.5. The van der Waals surface area contributed by atoms with E-state index in [2.05, 4.69) is 15.2 Å². The maximum atomic E-state index is 11.4. The maximum absolute atomic E-state index is 11.4. The van der Waals surface area contributed by atoms with Crippen LogP contribution in [-0.2, 0) is 17.8 Å². The summed E-state index contributed by atoms with van der Waals surface area (Å²) in [6.45, 7) is 1.14. The number of nitrogens with one attached hydrogen (secondary N) is 1. The fourth-order valence-corrected chi connectivity index (χ4v) is 1.80. The molecule has 1 heterocycles. The van der Waals surface area contributed by atoms with Crippen molar-refractivity contribution in [3.05, 3.63) is 47.8 Å². The Bertz CT molecular complexity index is 581. The molecular weight excluding hydrogens is 258 g/mol. The van der Waals surface area contributed by atoms with E-state index in [0.717, 1.165) is 11.3 Å². The summed E-state index contributed by atoms with van der Waals surface area (Å²) < 4.78 is 6.36.